The normalized spacial score (nSPS) is 14.6. The molecule has 2 amide bonds. The Kier molecular flexibility index (Phi) is 6.15. The zero-order chi connectivity index (χ0) is 20.1. The van der Waals surface area contributed by atoms with Crippen molar-refractivity contribution in [2.45, 2.75) is 6.92 Å². The minimum atomic E-state index is -0.167. The average molecular weight is 388 g/mol. The van der Waals surface area contributed by atoms with Crippen molar-refractivity contribution in [1.82, 2.24) is 15.0 Å². The number of methoxy groups -OCH3 is 2. The molecule has 0 atom stereocenters. The van der Waals surface area contributed by atoms with E-state index in [1.54, 1.807) is 36.1 Å². The molecule has 1 fully saturated rings. The minimum Gasteiger partial charge on any atom is -0.496 e. The van der Waals surface area contributed by atoms with Gasteiger partial charge in [-0.3, -0.25) is 14.5 Å². The van der Waals surface area contributed by atoms with E-state index >= 15 is 0 Å². The molecule has 9 heteroatoms. The number of piperazine rings is 1. The van der Waals surface area contributed by atoms with Gasteiger partial charge in [-0.1, -0.05) is 11.2 Å². The Morgan fingerprint density at radius 1 is 1.14 bits per heavy atom. The first-order valence-corrected chi connectivity index (χ1v) is 8.97. The number of ether oxygens (including phenoxy) is 2. The van der Waals surface area contributed by atoms with E-state index in [1.807, 2.05) is 4.90 Å². The summed E-state index contributed by atoms with van der Waals surface area (Å²) in [6, 6.07) is 6.92. The largest absolute Gasteiger partial charge is 0.496 e. The smallest absolute Gasteiger partial charge is 0.261 e. The molecule has 1 aliphatic rings. The highest BCUT2D eigenvalue weighted by Gasteiger charge is 2.27. The Labute approximate surface area is 163 Å². The molecule has 150 valence electrons. The van der Waals surface area contributed by atoms with E-state index < -0.39 is 0 Å². The van der Waals surface area contributed by atoms with E-state index in [2.05, 4.69) is 10.5 Å². The molecular formula is C19H24N4O5. The quantitative estimate of drug-likeness (QED) is 0.799. The number of nitrogens with zero attached hydrogens (tertiary/aromatic N) is 3. The number of anilines is 1. The molecule has 9 nitrogen and oxygen atoms in total. The van der Waals surface area contributed by atoms with Gasteiger partial charge in [0.25, 0.3) is 5.91 Å². The number of carbonyl (C=O) groups is 2. The van der Waals surface area contributed by atoms with Crippen LogP contribution in [0.15, 0.2) is 28.8 Å². The highest BCUT2D eigenvalue weighted by atomic mass is 16.5. The summed E-state index contributed by atoms with van der Waals surface area (Å²) in [4.78, 5) is 28.9. The summed E-state index contributed by atoms with van der Waals surface area (Å²) in [6.07, 6.45) is 0. The molecule has 0 unspecified atom stereocenters. The Hall–Kier alpha value is -3.07. The molecule has 1 aromatic heterocycles. The summed E-state index contributed by atoms with van der Waals surface area (Å²) in [5, 5.41) is 6.45. The molecule has 3 rings (SSSR count). The van der Waals surface area contributed by atoms with Crippen LogP contribution in [0.4, 0.5) is 5.82 Å². The standard InChI is InChI=1S/C19H24N4O5/c1-13-11-16(21-28-13)20-17(24)12-22-7-9-23(10-8-22)19(25)18-14(26-2)5-4-6-15(18)27-3/h4-6,11H,7-10,12H2,1-3H3,(H,20,21,24). The Bertz CT molecular complexity index is 820. The van der Waals surface area contributed by atoms with Crippen LogP contribution in [0.1, 0.15) is 16.1 Å². The van der Waals surface area contributed by atoms with Gasteiger partial charge in [-0.05, 0) is 19.1 Å². The molecule has 0 bridgehead atoms. The van der Waals surface area contributed by atoms with Gasteiger partial charge >= 0.3 is 0 Å². The zero-order valence-corrected chi connectivity index (χ0v) is 16.2. The molecule has 1 aromatic carbocycles. The molecule has 1 N–H and O–H groups in total. The number of rotatable bonds is 6. The van der Waals surface area contributed by atoms with E-state index in [0.717, 1.165) is 0 Å². The lowest BCUT2D eigenvalue weighted by atomic mass is 10.1. The van der Waals surface area contributed by atoms with Crippen molar-refractivity contribution in [3.05, 3.63) is 35.6 Å². The molecule has 28 heavy (non-hydrogen) atoms. The van der Waals surface area contributed by atoms with Gasteiger partial charge in [0.1, 0.15) is 22.8 Å². The molecule has 2 heterocycles. The summed E-state index contributed by atoms with van der Waals surface area (Å²) < 4.78 is 15.6. The second-order valence-electron chi connectivity index (χ2n) is 6.48. The SMILES string of the molecule is COc1cccc(OC)c1C(=O)N1CCN(CC(=O)Nc2cc(C)on2)CC1. The topological polar surface area (TPSA) is 97.1 Å². The number of benzene rings is 1. The second kappa shape index (κ2) is 8.75. The van der Waals surface area contributed by atoms with Gasteiger partial charge in [0.15, 0.2) is 5.82 Å². The lowest BCUT2D eigenvalue weighted by molar-refractivity contribution is -0.117. The fourth-order valence-electron chi connectivity index (χ4n) is 3.14. The van der Waals surface area contributed by atoms with E-state index in [4.69, 9.17) is 14.0 Å². The van der Waals surface area contributed by atoms with Gasteiger partial charge < -0.3 is 24.2 Å². The number of hydrogen-bond donors (Lipinski definition) is 1. The van der Waals surface area contributed by atoms with Crippen molar-refractivity contribution in [1.29, 1.82) is 0 Å². The summed E-state index contributed by atoms with van der Waals surface area (Å²) in [5.74, 6) is 1.69. The maximum absolute atomic E-state index is 13.0. The van der Waals surface area contributed by atoms with Crippen LogP contribution in [0.3, 0.4) is 0 Å². The molecule has 0 saturated carbocycles. The van der Waals surface area contributed by atoms with Gasteiger partial charge in [-0.15, -0.1) is 0 Å². The van der Waals surface area contributed by atoms with Crippen LogP contribution in [0, 0.1) is 6.92 Å². The molecular weight excluding hydrogens is 364 g/mol. The third-order valence-electron chi connectivity index (χ3n) is 4.56. The van der Waals surface area contributed by atoms with E-state index in [9.17, 15) is 9.59 Å². The third-order valence-corrected chi connectivity index (χ3v) is 4.56. The highest BCUT2D eigenvalue weighted by molar-refractivity contribution is 5.99. The van der Waals surface area contributed by atoms with Crippen molar-refractivity contribution in [2.75, 3.05) is 52.3 Å². The van der Waals surface area contributed by atoms with Crippen LogP contribution in [-0.2, 0) is 4.79 Å². The Morgan fingerprint density at radius 3 is 2.32 bits per heavy atom. The Balaban J connectivity index is 1.56. The number of aromatic nitrogens is 1. The van der Waals surface area contributed by atoms with Crippen molar-refractivity contribution in [2.24, 2.45) is 0 Å². The van der Waals surface area contributed by atoms with Crippen LogP contribution in [0.2, 0.25) is 0 Å². The number of carbonyl (C=O) groups excluding carboxylic acids is 2. The van der Waals surface area contributed by atoms with Gasteiger partial charge in [-0.2, -0.15) is 0 Å². The summed E-state index contributed by atoms with van der Waals surface area (Å²) in [7, 11) is 3.05. The number of nitrogens with one attached hydrogen (secondary N) is 1. The predicted octanol–water partition coefficient (Wildman–Crippen LogP) is 1.40. The van der Waals surface area contributed by atoms with Crippen LogP contribution in [0.25, 0.3) is 0 Å². The number of aryl methyl sites for hydroxylation is 1. The van der Waals surface area contributed by atoms with Crippen LogP contribution >= 0.6 is 0 Å². The Morgan fingerprint density at radius 2 is 1.79 bits per heavy atom. The van der Waals surface area contributed by atoms with Gasteiger partial charge in [0.05, 0.1) is 20.8 Å². The predicted molar refractivity (Wildman–Crippen MR) is 102 cm³/mol. The van der Waals surface area contributed by atoms with Crippen molar-refractivity contribution < 1.29 is 23.6 Å². The van der Waals surface area contributed by atoms with Crippen LogP contribution in [-0.4, -0.2) is 73.7 Å². The first kappa shape index (κ1) is 19.7. The summed E-state index contributed by atoms with van der Waals surface area (Å²) in [5.41, 5.74) is 0.417. The van der Waals surface area contributed by atoms with Gasteiger partial charge in [-0.25, -0.2) is 0 Å². The molecule has 0 spiro atoms. The average Bonchev–Trinajstić information content (AvgIpc) is 3.11. The van der Waals surface area contributed by atoms with Crippen molar-refractivity contribution in [3.8, 4) is 11.5 Å². The molecule has 1 aliphatic heterocycles. The molecule has 2 aromatic rings. The monoisotopic (exact) mass is 388 g/mol. The fraction of sp³-hybridized carbons (Fsp3) is 0.421. The zero-order valence-electron chi connectivity index (χ0n) is 16.2. The van der Waals surface area contributed by atoms with Crippen LogP contribution < -0.4 is 14.8 Å². The molecule has 0 aliphatic carbocycles. The maximum atomic E-state index is 13.0. The first-order valence-electron chi connectivity index (χ1n) is 8.97. The lowest BCUT2D eigenvalue weighted by Crippen LogP contribution is -2.50. The number of hydrogen-bond acceptors (Lipinski definition) is 7. The minimum absolute atomic E-state index is 0.142. The van der Waals surface area contributed by atoms with Gasteiger partial charge in [0.2, 0.25) is 5.91 Å². The van der Waals surface area contributed by atoms with E-state index in [-0.39, 0.29) is 18.4 Å². The highest BCUT2D eigenvalue weighted by Crippen LogP contribution is 2.29. The van der Waals surface area contributed by atoms with Gasteiger partial charge in [0, 0.05) is 32.2 Å². The van der Waals surface area contributed by atoms with Crippen LogP contribution in [0.5, 0.6) is 11.5 Å². The first-order chi connectivity index (χ1) is 13.5. The second-order valence-corrected chi connectivity index (χ2v) is 6.48. The maximum Gasteiger partial charge on any atom is 0.261 e. The van der Waals surface area contributed by atoms with Crippen molar-refractivity contribution in [3.63, 3.8) is 0 Å². The van der Waals surface area contributed by atoms with E-state index in [0.29, 0.717) is 54.8 Å². The molecule has 0 radical (unpaired) electrons. The number of amides is 2. The summed E-state index contributed by atoms with van der Waals surface area (Å²) >= 11 is 0. The summed E-state index contributed by atoms with van der Waals surface area (Å²) in [6.45, 7) is 4.19. The fourth-order valence-corrected chi connectivity index (χ4v) is 3.14. The van der Waals surface area contributed by atoms with E-state index in [1.165, 1.54) is 14.2 Å². The van der Waals surface area contributed by atoms with Crippen molar-refractivity contribution >= 4 is 17.6 Å². The molecule has 1 saturated heterocycles. The third kappa shape index (κ3) is 4.42. The lowest BCUT2D eigenvalue weighted by Gasteiger charge is -2.34.